The van der Waals surface area contributed by atoms with Crippen molar-refractivity contribution in [3.63, 3.8) is 0 Å². The van der Waals surface area contributed by atoms with Crippen molar-refractivity contribution in [2.45, 2.75) is 45.6 Å². The molecule has 1 N–H and O–H groups in total. The summed E-state index contributed by atoms with van der Waals surface area (Å²) in [5.41, 5.74) is 0.0451. The van der Waals surface area contributed by atoms with Gasteiger partial charge < -0.3 is 15.1 Å². The van der Waals surface area contributed by atoms with Crippen molar-refractivity contribution in [2.75, 3.05) is 31.1 Å². The smallest absolute Gasteiger partial charge is 0.237 e. The van der Waals surface area contributed by atoms with Gasteiger partial charge in [0, 0.05) is 42.9 Å². The Balaban J connectivity index is 1.57. The van der Waals surface area contributed by atoms with Crippen LogP contribution in [0, 0.1) is 5.41 Å². The van der Waals surface area contributed by atoms with Gasteiger partial charge in [0.25, 0.3) is 0 Å². The zero-order chi connectivity index (χ0) is 18.7. The highest BCUT2D eigenvalue weighted by Crippen LogP contribution is 2.25. The van der Waals surface area contributed by atoms with Gasteiger partial charge in [0.05, 0.1) is 0 Å². The van der Waals surface area contributed by atoms with E-state index in [4.69, 9.17) is 11.6 Å². The molecule has 0 bridgehead atoms. The first-order chi connectivity index (χ1) is 12.4. The van der Waals surface area contributed by atoms with Crippen LogP contribution in [-0.2, 0) is 9.59 Å². The molecule has 1 saturated carbocycles. The van der Waals surface area contributed by atoms with Crippen LogP contribution in [0.5, 0.6) is 0 Å². The highest BCUT2D eigenvalue weighted by molar-refractivity contribution is 6.30. The van der Waals surface area contributed by atoms with Gasteiger partial charge in [-0.25, -0.2) is 0 Å². The highest BCUT2D eigenvalue weighted by Gasteiger charge is 2.40. The van der Waals surface area contributed by atoms with E-state index in [9.17, 15) is 9.59 Å². The van der Waals surface area contributed by atoms with Gasteiger partial charge in [0.1, 0.15) is 5.41 Å². The highest BCUT2D eigenvalue weighted by atomic mass is 35.5. The molecule has 2 fully saturated rings. The van der Waals surface area contributed by atoms with Crippen LogP contribution in [0.25, 0.3) is 0 Å². The minimum Gasteiger partial charge on any atom is -0.368 e. The van der Waals surface area contributed by atoms with E-state index >= 15 is 0 Å². The van der Waals surface area contributed by atoms with Crippen molar-refractivity contribution in [1.29, 1.82) is 0 Å². The largest absolute Gasteiger partial charge is 0.368 e. The normalized spacial score (nSPS) is 18.9. The number of rotatable bonds is 4. The Morgan fingerprint density at radius 1 is 1.12 bits per heavy atom. The van der Waals surface area contributed by atoms with E-state index in [2.05, 4.69) is 10.2 Å². The first kappa shape index (κ1) is 19.0. The minimum atomic E-state index is -1.03. The molecule has 1 saturated heterocycles. The van der Waals surface area contributed by atoms with Gasteiger partial charge in [0.2, 0.25) is 11.8 Å². The fourth-order valence-electron chi connectivity index (χ4n) is 3.77. The second-order valence-electron chi connectivity index (χ2n) is 7.84. The minimum absolute atomic E-state index is 0.0845. The van der Waals surface area contributed by atoms with E-state index < -0.39 is 5.41 Å². The molecule has 1 aliphatic carbocycles. The fraction of sp³-hybridized carbons (Fsp3) is 0.600. The summed E-state index contributed by atoms with van der Waals surface area (Å²) in [4.78, 5) is 29.6. The van der Waals surface area contributed by atoms with Crippen molar-refractivity contribution in [3.05, 3.63) is 29.3 Å². The second kappa shape index (κ2) is 7.87. The van der Waals surface area contributed by atoms with Crippen molar-refractivity contribution < 1.29 is 9.59 Å². The van der Waals surface area contributed by atoms with Crippen LogP contribution >= 0.6 is 11.6 Å². The number of halogens is 1. The van der Waals surface area contributed by atoms with Crippen LogP contribution in [0.3, 0.4) is 0 Å². The summed E-state index contributed by atoms with van der Waals surface area (Å²) in [6.45, 7) is 6.20. The summed E-state index contributed by atoms with van der Waals surface area (Å²) in [6.07, 6.45) is 4.36. The molecular weight excluding hydrogens is 350 g/mol. The molecule has 1 aromatic carbocycles. The van der Waals surface area contributed by atoms with E-state index in [1.54, 1.807) is 13.8 Å². The predicted octanol–water partition coefficient (Wildman–Crippen LogP) is 3.07. The van der Waals surface area contributed by atoms with Crippen molar-refractivity contribution >= 4 is 29.1 Å². The Morgan fingerprint density at radius 2 is 1.77 bits per heavy atom. The third-order valence-corrected chi connectivity index (χ3v) is 5.77. The number of benzene rings is 1. The molecule has 0 unspecified atom stereocenters. The second-order valence-corrected chi connectivity index (χ2v) is 8.28. The Morgan fingerprint density at radius 3 is 2.38 bits per heavy atom. The standard InChI is InChI=1S/C20H28ClN3O2/c1-20(2,18(25)22-16-7-3-4-8-16)19(26)24-12-10-23(11-13-24)17-9-5-6-15(21)14-17/h5-6,9,14,16H,3-4,7-8,10-13H2,1-2H3,(H,22,25). The van der Waals surface area contributed by atoms with Gasteiger partial charge in [-0.3, -0.25) is 9.59 Å². The zero-order valence-electron chi connectivity index (χ0n) is 15.6. The molecule has 2 amide bonds. The number of nitrogens with one attached hydrogen (secondary N) is 1. The Labute approximate surface area is 160 Å². The number of hydrogen-bond acceptors (Lipinski definition) is 3. The Hall–Kier alpha value is -1.75. The number of piperazine rings is 1. The molecule has 0 aromatic heterocycles. The molecular formula is C20H28ClN3O2. The van der Waals surface area contributed by atoms with E-state index in [-0.39, 0.29) is 17.9 Å². The lowest BCUT2D eigenvalue weighted by molar-refractivity contribution is -0.149. The molecule has 0 atom stereocenters. The maximum absolute atomic E-state index is 13.0. The number of nitrogens with zero attached hydrogens (tertiary/aromatic N) is 2. The van der Waals surface area contributed by atoms with Crippen LogP contribution in [-0.4, -0.2) is 48.9 Å². The molecule has 6 heteroatoms. The molecule has 1 heterocycles. The van der Waals surface area contributed by atoms with E-state index in [0.29, 0.717) is 18.1 Å². The van der Waals surface area contributed by atoms with E-state index in [0.717, 1.165) is 44.5 Å². The average molecular weight is 378 g/mol. The monoisotopic (exact) mass is 377 g/mol. The molecule has 1 aliphatic heterocycles. The lowest BCUT2D eigenvalue weighted by Gasteiger charge is -2.39. The summed E-state index contributed by atoms with van der Waals surface area (Å²) < 4.78 is 0. The van der Waals surface area contributed by atoms with Crippen molar-refractivity contribution in [1.82, 2.24) is 10.2 Å². The average Bonchev–Trinajstić information content (AvgIpc) is 3.14. The molecule has 1 aromatic rings. The third-order valence-electron chi connectivity index (χ3n) is 5.53. The van der Waals surface area contributed by atoms with E-state index in [1.807, 2.05) is 29.2 Å². The van der Waals surface area contributed by atoms with Gasteiger partial charge in [0.15, 0.2) is 0 Å². The van der Waals surface area contributed by atoms with Gasteiger partial charge in [-0.15, -0.1) is 0 Å². The summed E-state index contributed by atoms with van der Waals surface area (Å²) in [5, 5.41) is 3.78. The molecule has 2 aliphatic rings. The maximum atomic E-state index is 13.0. The van der Waals surface area contributed by atoms with Crippen LogP contribution in [0.1, 0.15) is 39.5 Å². The SMILES string of the molecule is CC(C)(C(=O)NC1CCCC1)C(=O)N1CCN(c2cccc(Cl)c2)CC1. The lowest BCUT2D eigenvalue weighted by atomic mass is 9.89. The molecule has 0 spiro atoms. The van der Waals surface area contributed by atoms with Crippen molar-refractivity contribution in [2.24, 2.45) is 5.41 Å². The first-order valence-electron chi connectivity index (χ1n) is 9.49. The molecule has 26 heavy (non-hydrogen) atoms. The molecule has 0 radical (unpaired) electrons. The molecule has 142 valence electrons. The summed E-state index contributed by atoms with van der Waals surface area (Å²) in [6, 6.07) is 8.00. The van der Waals surface area contributed by atoms with Crippen LogP contribution in [0.15, 0.2) is 24.3 Å². The first-order valence-corrected chi connectivity index (χ1v) is 9.86. The summed E-state index contributed by atoms with van der Waals surface area (Å²) >= 11 is 6.07. The van der Waals surface area contributed by atoms with Gasteiger partial charge >= 0.3 is 0 Å². The van der Waals surface area contributed by atoms with Crippen molar-refractivity contribution in [3.8, 4) is 0 Å². The predicted molar refractivity (Wildman–Crippen MR) is 104 cm³/mol. The quantitative estimate of drug-likeness (QED) is 0.820. The van der Waals surface area contributed by atoms with Crippen LogP contribution < -0.4 is 10.2 Å². The number of carbonyl (C=O) groups is 2. The number of amides is 2. The number of carbonyl (C=O) groups excluding carboxylic acids is 2. The molecule has 3 rings (SSSR count). The van der Waals surface area contributed by atoms with Gasteiger partial charge in [-0.2, -0.15) is 0 Å². The molecule has 5 nitrogen and oxygen atoms in total. The van der Waals surface area contributed by atoms with Gasteiger partial charge in [-0.1, -0.05) is 30.5 Å². The fourth-order valence-corrected chi connectivity index (χ4v) is 3.95. The summed E-state index contributed by atoms with van der Waals surface area (Å²) in [7, 11) is 0. The maximum Gasteiger partial charge on any atom is 0.237 e. The topological polar surface area (TPSA) is 52.7 Å². The summed E-state index contributed by atoms with van der Waals surface area (Å²) in [5.74, 6) is -0.231. The third kappa shape index (κ3) is 4.14. The lowest BCUT2D eigenvalue weighted by Crippen LogP contribution is -2.56. The Bertz CT molecular complexity index is 663. The van der Waals surface area contributed by atoms with Crippen LogP contribution in [0.4, 0.5) is 5.69 Å². The van der Waals surface area contributed by atoms with Crippen LogP contribution in [0.2, 0.25) is 5.02 Å². The number of anilines is 1. The van der Waals surface area contributed by atoms with Gasteiger partial charge in [-0.05, 0) is 44.9 Å². The zero-order valence-corrected chi connectivity index (χ0v) is 16.4. The Kier molecular flexibility index (Phi) is 5.76. The van der Waals surface area contributed by atoms with E-state index in [1.165, 1.54) is 0 Å². The number of hydrogen-bond donors (Lipinski definition) is 1.